The van der Waals surface area contributed by atoms with Crippen molar-refractivity contribution in [2.75, 3.05) is 13.1 Å². The molecule has 0 bridgehead atoms. The highest BCUT2D eigenvalue weighted by molar-refractivity contribution is 5.98. The van der Waals surface area contributed by atoms with E-state index in [1.165, 1.54) is 29.2 Å². The van der Waals surface area contributed by atoms with Crippen LogP contribution in [0.5, 0.6) is 5.75 Å². The maximum Gasteiger partial charge on any atom is 0.387 e. The van der Waals surface area contributed by atoms with Gasteiger partial charge in [-0.05, 0) is 31.2 Å². The predicted molar refractivity (Wildman–Crippen MR) is 66.6 cm³/mol. The van der Waals surface area contributed by atoms with Gasteiger partial charge < -0.3 is 15.0 Å². The molecule has 1 saturated heterocycles. The van der Waals surface area contributed by atoms with E-state index in [1.807, 2.05) is 0 Å². The number of rotatable bonds is 3. The molecular weight excluding hydrogens is 270 g/mol. The van der Waals surface area contributed by atoms with Crippen LogP contribution in [-0.2, 0) is 4.79 Å². The Morgan fingerprint density at radius 2 is 2.05 bits per heavy atom. The van der Waals surface area contributed by atoms with Crippen molar-refractivity contribution in [3.63, 3.8) is 0 Å². The summed E-state index contributed by atoms with van der Waals surface area (Å²) in [5.74, 6) is -0.529. The molecule has 5 nitrogen and oxygen atoms in total. The van der Waals surface area contributed by atoms with Gasteiger partial charge in [-0.25, -0.2) is 0 Å². The topological polar surface area (TPSA) is 58.6 Å². The number of ether oxygens (including phenoxy) is 1. The minimum Gasteiger partial charge on any atom is -0.435 e. The number of hydrogen-bond donors (Lipinski definition) is 1. The smallest absolute Gasteiger partial charge is 0.387 e. The molecule has 0 spiro atoms. The van der Waals surface area contributed by atoms with Gasteiger partial charge in [-0.1, -0.05) is 0 Å². The molecule has 1 heterocycles. The van der Waals surface area contributed by atoms with Crippen LogP contribution >= 0.6 is 0 Å². The van der Waals surface area contributed by atoms with Gasteiger partial charge in [-0.15, -0.1) is 0 Å². The standard InChI is InChI=1S/C13H14F2N2O3/c1-8-11(18)16-6-7-17(8)12(19)9-2-4-10(5-3-9)20-13(14)15/h2-5,8,13H,6-7H2,1H3,(H,16,18). The van der Waals surface area contributed by atoms with Gasteiger partial charge in [0, 0.05) is 18.7 Å². The second-order valence-corrected chi connectivity index (χ2v) is 4.37. The van der Waals surface area contributed by atoms with Crippen LogP contribution in [0.3, 0.4) is 0 Å². The second kappa shape index (κ2) is 5.85. The van der Waals surface area contributed by atoms with E-state index in [4.69, 9.17) is 0 Å². The monoisotopic (exact) mass is 284 g/mol. The van der Waals surface area contributed by atoms with E-state index >= 15 is 0 Å². The third-order valence-corrected chi connectivity index (χ3v) is 3.09. The minimum absolute atomic E-state index is 0.0130. The van der Waals surface area contributed by atoms with Crippen LogP contribution in [0.1, 0.15) is 17.3 Å². The number of alkyl halides is 2. The van der Waals surface area contributed by atoms with Crippen molar-refractivity contribution >= 4 is 11.8 Å². The zero-order valence-corrected chi connectivity index (χ0v) is 10.8. The molecule has 2 rings (SSSR count). The van der Waals surface area contributed by atoms with Crippen LogP contribution < -0.4 is 10.1 Å². The zero-order valence-electron chi connectivity index (χ0n) is 10.8. The SMILES string of the molecule is CC1C(=O)NCCN1C(=O)c1ccc(OC(F)F)cc1. The molecule has 20 heavy (non-hydrogen) atoms. The highest BCUT2D eigenvalue weighted by Gasteiger charge is 2.29. The molecule has 2 amide bonds. The van der Waals surface area contributed by atoms with Gasteiger partial charge in [0.25, 0.3) is 5.91 Å². The lowest BCUT2D eigenvalue weighted by Gasteiger charge is -2.32. The summed E-state index contributed by atoms with van der Waals surface area (Å²) < 4.78 is 28.3. The Bertz CT molecular complexity index is 505. The summed E-state index contributed by atoms with van der Waals surface area (Å²) in [6.45, 7) is -0.439. The lowest BCUT2D eigenvalue weighted by molar-refractivity contribution is -0.127. The quantitative estimate of drug-likeness (QED) is 0.908. The number of hydrogen-bond acceptors (Lipinski definition) is 3. The summed E-state index contributed by atoms with van der Waals surface area (Å²) in [5.41, 5.74) is 0.327. The molecule has 0 radical (unpaired) electrons. The van der Waals surface area contributed by atoms with Gasteiger partial charge in [0.1, 0.15) is 11.8 Å². The first kappa shape index (κ1) is 14.2. The van der Waals surface area contributed by atoms with Crippen molar-refractivity contribution in [1.82, 2.24) is 10.2 Å². The van der Waals surface area contributed by atoms with E-state index in [2.05, 4.69) is 10.1 Å². The van der Waals surface area contributed by atoms with Crippen LogP contribution in [0.15, 0.2) is 24.3 Å². The first-order valence-electron chi connectivity index (χ1n) is 6.12. The molecule has 108 valence electrons. The lowest BCUT2D eigenvalue weighted by Crippen LogP contribution is -2.55. The van der Waals surface area contributed by atoms with Gasteiger partial charge in [-0.3, -0.25) is 9.59 Å². The number of carbonyl (C=O) groups excluding carboxylic acids is 2. The number of benzene rings is 1. The summed E-state index contributed by atoms with van der Waals surface area (Å²) in [5, 5.41) is 2.66. The summed E-state index contributed by atoms with van der Waals surface area (Å²) in [4.78, 5) is 25.2. The van der Waals surface area contributed by atoms with Crippen LogP contribution in [0.25, 0.3) is 0 Å². The van der Waals surface area contributed by atoms with Crippen molar-refractivity contribution < 1.29 is 23.1 Å². The molecule has 0 saturated carbocycles. The predicted octanol–water partition coefficient (Wildman–Crippen LogP) is 1.25. The van der Waals surface area contributed by atoms with Gasteiger partial charge in [0.15, 0.2) is 0 Å². The number of piperazine rings is 1. The highest BCUT2D eigenvalue weighted by Crippen LogP contribution is 2.17. The Hall–Kier alpha value is -2.18. The third-order valence-electron chi connectivity index (χ3n) is 3.09. The number of amides is 2. The van der Waals surface area contributed by atoms with E-state index < -0.39 is 12.7 Å². The van der Waals surface area contributed by atoms with Gasteiger partial charge in [0.2, 0.25) is 5.91 Å². The Morgan fingerprint density at radius 1 is 1.40 bits per heavy atom. The Kier molecular flexibility index (Phi) is 4.16. The van der Waals surface area contributed by atoms with Gasteiger partial charge >= 0.3 is 6.61 Å². The normalized spacial score (nSPS) is 18.9. The fourth-order valence-corrected chi connectivity index (χ4v) is 2.00. The number of halogens is 2. The first-order chi connectivity index (χ1) is 9.49. The van der Waals surface area contributed by atoms with E-state index in [0.29, 0.717) is 18.7 Å². The second-order valence-electron chi connectivity index (χ2n) is 4.37. The Balaban J connectivity index is 2.10. The molecule has 1 fully saturated rings. The largest absolute Gasteiger partial charge is 0.435 e. The van der Waals surface area contributed by atoms with Crippen LogP contribution in [-0.4, -0.2) is 42.5 Å². The summed E-state index contributed by atoms with van der Waals surface area (Å²) >= 11 is 0. The molecule has 7 heteroatoms. The van der Waals surface area contributed by atoms with Crippen molar-refractivity contribution in [2.24, 2.45) is 0 Å². The van der Waals surface area contributed by atoms with Crippen molar-refractivity contribution in [1.29, 1.82) is 0 Å². The molecular formula is C13H14F2N2O3. The lowest BCUT2D eigenvalue weighted by atomic mass is 10.1. The molecule has 1 aromatic rings. The fourth-order valence-electron chi connectivity index (χ4n) is 2.00. The molecule has 1 aliphatic rings. The molecule has 1 N–H and O–H groups in total. The van der Waals surface area contributed by atoms with E-state index in [1.54, 1.807) is 6.92 Å². The molecule has 0 aliphatic carbocycles. The van der Waals surface area contributed by atoms with Crippen LogP contribution in [0, 0.1) is 0 Å². The molecule has 0 aromatic heterocycles. The summed E-state index contributed by atoms with van der Waals surface area (Å²) in [7, 11) is 0. The molecule has 1 atom stereocenters. The summed E-state index contributed by atoms with van der Waals surface area (Å²) in [6, 6.07) is 4.86. The first-order valence-corrected chi connectivity index (χ1v) is 6.12. The maximum absolute atomic E-state index is 12.2. The average Bonchev–Trinajstić information content (AvgIpc) is 2.41. The maximum atomic E-state index is 12.2. The fraction of sp³-hybridized carbons (Fsp3) is 0.385. The van der Waals surface area contributed by atoms with E-state index in [9.17, 15) is 18.4 Å². The molecule has 1 unspecified atom stereocenters. The Labute approximate surface area is 114 Å². The van der Waals surface area contributed by atoms with Crippen molar-refractivity contribution in [3.8, 4) is 5.75 Å². The number of carbonyl (C=O) groups is 2. The number of nitrogens with one attached hydrogen (secondary N) is 1. The minimum atomic E-state index is -2.90. The van der Waals surface area contributed by atoms with Crippen LogP contribution in [0.2, 0.25) is 0 Å². The van der Waals surface area contributed by atoms with Crippen molar-refractivity contribution in [3.05, 3.63) is 29.8 Å². The zero-order chi connectivity index (χ0) is 14.7. The average molecular weight is 284 g/mol. The van der Waals surface area contributed by atoms with Crippen molar-refractivity contribution in [2.45, 2.75) is 19.6 Å². The molecule has 1 aromatic carbocycles. The number of nitrogens with zero attached hydrogens (tertiary/aromatic N) is 1. The van der Waals surface area contributed by atoms with Gasteiger partial charge in [0.05, 0.1) is 0 Å². The van der Waals surface area contributed by atoms with Gasteiger partial charge in [-0.2, -0.15) is 8.78 Å². The molecule has 1 aliphatic heterocycles. The third kappa shape index (κ3) is 3.04. The van der Waals surface area contributed by atoms with E-state index in [-0.39, 0.29) is 17.6 Å². The summed E-state index contributed by atoms with van der Waals surface area (Å²) in [6.07, 6.45) is 0. The Morgan fingerprint density at radius 3 is 2.65 bits per heavy atom. The van der Waals surface area contributed by atoms with Crippen LogP contribution in [0.4, 0.5) is 8.78 Å². The highest BCUT2D eigenvalue weighted by atomic mass is 19.3. The van der Waals surface area contributed by atoms with E-state index in [0.717, 1.165) is 0 Å².